The number of halogens is 2. The highest BCUT2D eigenvalue weighted by Gasteiger charge is 2.16. The van der Waals surface area contributed by atoms with Gasteiger partial charge in [-0.1, -0.05) is 23.7 Å². The van der Waals surface area contributed by atoms with Crippen molar-refractivity contribution in [2.24, 2.45) is 0 Å². The summed E-state index contributed by atoms with van der Waals surface area (Å²) in [5, 5.41) is 4.15. The van der Waals surface area contributed by atoms with Crippen molar-refractivity contribution < 1.29 is 4.39 Å². The highest BCUT2D eigenvalue weighted by Crippen LogP contribution is 2.21. The first-order valence-electron chi connectivity index (χ1n) is 7.34. The lowest BCUT2D eigenvalue weighted by atomic mass is 10.2. The van der Waals surface area contributed by atoms with E-state index in [1.165, 1.54) is 6.07 Å². The van der Waals surface area contributed by atoms with Crippen molar-refractivity contribution in [2.75, 3.05) is 0 Å². The average Bonchev–Trinajstić information content (AvgIpc) is 2.50. The number of nitrogens with zero attached hydrogens (tertiary/aromatic N) is 2. The topological polar surface area (TPSA) is 28.2 Å². The molecule has 0 spiro atoms. The first kappa shape index (κ1) is 17.6. The third kappa shape index (κ3) is 5.15. The Morgan fingerprint density at radius 1 is 1.30 bits per heavy atom. The van der Waals surface area contributed by atoms with Crippen molar-refractivity contribution in [1.29, 1.82) is 0 Å². The van der Waals surface area contributed by atoms with Crippen LogP contribution in [0.15, 0.2) is 42.7 Å². The minimum Gasteiger partial charge on any atom is -0.360 e. The molecule has 0 amide bonds. The lowest BCUT2D eigenvalue weighted by Crippen LogP contribution is -2.42. The number of benzene rings is 1. The lowest BCUT2D eigenvalue weighted by molar-refractivity contribution is 0.386. The predicted octanol–water partition coefficient (Wildman–Crippen LogP) is 4.16. The Morgan fingerprint density at radius 3 is 2.70 bits per heavy atom. The minimum atomic E-state index is -0.332. The fourth-order valence-electron chi connectivity index (χ4n) is 2.12. The highest BCUT2D eigenvalue weighted by atomic mass is 35.5. The molecule has 1 heterocycles. The van der Waals surface area contributed by atoms with E-state index in [2.05, 4.69) is 10.3 Å². The van der Waals surface area contributed by atoms with Crippen LogP contribution in [-0.4, -0.2) is 21.0 Å². The number of hydrogen-bond donors (Lipinski definition) is 1. The maximum absolute atomic E-state index is 14.1. The monoisotopic (exact) mass is 351 g/mol. The molecular formula is C17H19ClFN3S. The molecule has 0 fully saturated rings. The van der Waals surface area contributed by atoms with Crippen LogP contribution in [0.3, 0.4) is 0 Å². The van der Waals surface area contributed by atoms with Crippen LogP contribution in [0.2, 0.25) is 5.02 Å². The summed E-state index contributed by atoms with van der Waals surface area (Å²) in [5.74, 6) is -0.332. The van der Waals surface area contributed by atoms with Gasteiger partial charge in [-0.25, -0.2) is 4.39 Å². The Labute approximate surface area is 146 Å². The third-order valence-electron chi connectivity index (χ3n) is 3.21. The van der Waals surface area contributed by atoms with Crippen molar-refractivity contribution in [3.8, 4) is 0 Å². The van der Waals surface area contributed by atoms with Crippen LogP contribution in [0.5, 0.6) is 0 Å². The maximum atomic E-state index is 14.1. The van der Waals surface area contributed by atoms with Crippen molar-refractivity contribution in [2.45, 2.75) is 33.0 Å². The van der Waals surface area contributed by atoms with Gasteiger partial charge in [-0.2, -0.15) is 0 Å². The Hall–Kier alpha value is -1.72. The fraction of sp³-hybridized carbons (Fsp3) is 0.294. The van der Waals surface area contributed by atoms with E-state index in [4.69, 9.17) is 23.8 Å². The highest BCUT2D eigenvalue weighted by molar-refractivity contribution is 7.80. The first-order chi connectivity index (χ1) is 11.0. The molecule has 0 aliphatic rings. The molecule has 1 aromatic carbocycles. The Balaban J connectivity index is 2.24. The number of nitrogens with one attached hydrogen (secondary N) is 1. The Bertz CT molecular complexity index is 644. The third-order valence-corrected chi connectivity index (χ3v) is 3.94. The molecule has 6 heteroatoms. The molecular weight excluding hydrogens is 333 g/mol. The molecule has 122 valence electrons. The molecule has 23 heavy (non-hydrogen) atoms. The summed E-state index contributed by atoms with van der Waals surface area (Å²) >= 11 is 11.6. The number of rotatable bonds is 5. The van der Waals surface area contributed by atoms with E-state index in [0.717, 1.165) is 5.56 Å². The van der Waals surface area contributed by atoms with Crippen molar-refractivity contribution in [3.63, 3.8) is 0 Å². The van der Waals surface area contributed by atoms with Gasteiger partial charge in [0.15, 0.2) is 5.11 Å². The molecule has 0 saturated heterocycles. The lowest BCUT2D eigenvalue weighted by Gasteiger charge is -2.28. The summed E-state index contributed by atoms with van der Waals surface area (Å²) < 4.78 is 14.1. The van der Waals surface area contributed by atoms with Gasteiger partial charge in [-0.3, -0.25) is 4.98 Å². The van der Waals surface area contributed by atoms with E-state index in [-0.39, 0.29) is 11.9 Å². The Morgan fingerprint density at radius 2 is 2.09 bits per heavy atom. The number of aromatic nitrogens is 1. The van der Waals surface area contributed by atoms with E-state index in [9.17, 15) is 4.39 Å². The minimum absolute atomic E-state index is 0.190. The van der Waals surface area contributed by atoms with Gasteiger partial charge in [0.05, 0.1) is 0 Å². The second-order valence-electron chi connectivity index (χ2n) is 5.52. The van der Waals surface area contributed by atoms with E-state index in [1.54, 1.807) is 24.5 Å². The zero-order chi connectivity index (χ0) is 16.8. The van der Waals surface area contributed by atoms with Crippen molar-refractivity contribution >= 4 is 28.9 Å². The SMILES string of the molecule is CC(C)NC(=S)N(Cc1cccnc1)Cc1c(F)cccc1Cl. The molecule has 0 aliphatic carbocycles. The molecule has 0 saturated carbocycles. The average molecular weight is 352 g/mol. The van der Waals surface area contributed by atoms with Crippen LogP contribution in [-0.2, 0) is 13.1 Å². The maximum Gasteiger partial charge on any atom is 0.169 e. The standard InChI is InChI=1S/C17H19ClFN3S/c1-12(2)21-17(23)22(10-13-5-4-8-20-9-13)11-14-15(18)6-3-7-16(14)19/h3-9,12H,10-11H2,1-2H3,(H,21,23). The van der Waals surface area contributed by atoms with Gasteiger partial charge in [0.1, 0.15) is 5.82 Å². The quantitative estimate of drug-likeness (QED) is 0.819. The van der Waals surface area contributed by atoms with Crippen molar-refractivity contribution in [3.05, 3.63) is 64.7 Å². The number of thiocarbonyl (C=S) groups is 1. The molecule has 0 unspecified atom stereocenters. The molecule has 2 aromatic rings. The van der Waals surface area contributed by atoms with Gasteiger partial charge in [-0.15, -0.1) is 0 Å². The first-order valence-corrected chi connectivity index (χ1v) is 8.13. The summed E-state index contributed by atoms with van der Waals surface area (Å²) in [6.07, 6.45) is 3.49. The van der Waals surface area contributed by atoms with Gasteiger partial charge in [-0.05, 0) is 49.8 Å². The van der Waals surface area contributed by atoms with E-state index in [1.807, 2.05) is 30.9 Å². The molecule has 1 N–H and O–H groups in total. The zero-order valence-electron chi connectivity index (χ0n) is 13.1. The predicted molar refractivity (Wildman–Crippen MR) is 95.8 cm³/mol. The molecule has 0 aliphatic heterocycles. The smallest absolute Gasteiger partial charge is 0.169 e. The summed E-state index contributed by atoms with van der Waals surface area (Å²) in [5.41, 5.74) is 1.43. The van der Waals surface area contributed by atoms with E-state index >= 15 is 0 Å². The van der Waals surface area contributed by atoms with Gasteiger partial charge >= 0.3 is 0 Å². The fourth-order valence-corrected chi connectivity index (χ4v) is 2.71. The number of hydrogen-bond acceptors (Lipinski definition) is 2. The van der Waals surface area contributed by atoms with Crippen molar-refractivity contribution in [1.82, 2.24) is 15.2 Å². The van der Waals surface area contributed by atoms with E-state index < -0.39 is 0 Å². The van der Waals surface area contributed by atoms with Gasteiger partial charge < -0.3 is 10.2 Å². The zero-order valence-corrected chi connectivity index (χ0v) is 14.7. The molecule has 3 nitrogen and oxygen atoms in total. The molecule has 0 bridgehead atoms. The molecule has 2 rings (SSSR count). The van der Waals surface area contributed by atoms with Gasteiger partial charge in [0.25, 0.3) is 0 Å². The van der Waals surface area contributed by atoms with Crippen LogP contribution < -0.4 is 5.32 Å². The van der Waals surface area contributed by atoms with Crippen LogP contribution in [0.25, 0.3) is 0 Å². The molecule has 1 aromatic heterocycles. The van der Waals surface area contributed by atoms with Gasteiger partial charge in [0.2, 0.25) is 0 Å². The number of pyridine rings is 1. The summed E-state index contributed by atoms with van der Waals surface area (Å²) in [4.78, 5) is 6.00. The van der Waals surface area contributed by atoms with Crippen LogP contribution >= 0.6 is 23.8 Å². The Kier molecular flexibility index (Phi) is 6.30. The van der Waals surface area contributed by atoms with E-state index in [0.29, 0.717) is 28.8 Å². The largest absolute Gasteiger partial charge is 0.360 e. The summed E-state index contributed by atoms with van der Waals surface area (Å²) in [7, 11) is 0. The van der Waals surface area contributed by atoms with Crippen LogP contribution in [0.1, 0.15) is 25.0 Å². The summed E-state index contributed by atoms with van der Waals surface area (Å²) in [6.45, 7) is 4.82. The summed E-state index contributed by atoms with van der Waals surface area (Å²) in [6, 6.07) is 8.69. The van der Waals surface area contributed by atoms with Crippen LogP contribution in [0.4, 0.5) is 4.39 Å². The molecule has 0 atom stereocenters. The second kappa shape index (κ2) is 8.22. The van der Waals surface area contributed by atoms with Crippen LogP contribution in [0, 0.1) is 5.82 Å². The second-order valence-corrected chi connectivity index (χ2v) is 6.32. The molecule has 0 radical (unpaired) electrons. The van der Waals surface area contributed by atoms with Gasteiger partial charge in [0, 0.05) is 42.1 Å². The normalized spacial score (nSPS) is 10.7.